The number of ether oxygens (including phenoxy) is 2. The molecule has 0 aromatic heterocycles. The van der Waals surface area contributed by atoms with Crippen LogP contribution in [0.5, 0.6) is 0 Å². The number of carbonyl (C=O) groups excluding carboxylic acids is 3. The Labute approximate surface area is 168 Å². The van der Waals surface area contributed by atoms with E-state index in [-0.39, 0.29) is 97.8 Å². The van der Waals surface area contributed by atoms with Crippen LogP contribution in [0.25, 0.3) is 0 Å². The van der Waals surface area contributed by atoms with E-state index < -0.39 is 30.0 Å². The number of esters is 2. The Balaban J connectivity index is -0.000000845. The van der Waals surface area contributed by atoms with Crippen LogP contribution in [0.1, 0.15) is 0 Å². The van der Waals surface area contributed by atoms with Crippen LogP contribution in [0.4, 0.5) is 4.79 Å². The molecule has 0 aliphatic heterocycles. The first-order valence-electron chi connectivity index (χ1n) is 2.78. The van der Waals surface area contributed by atoms with E-state index in [0.717, 1.165) is 0 Å². The summed E-state index contributed by atoms with van der Waals surface area (Å²) in [4.78, 5) is 50.0. The number of hydrogen-bond donors (Lipinski definition) is 2. The van der Waals surface area contributed by atoms with Gasteiger partial charge in [0.1, 0.15) is 0 Å². The molecule has 84 valence electrons. The van der Waals surface area contributed by atoms with E-state index in [9.17, 15) is 24.0 Å². The van der Waals surface area contributed by atoms with Gasteiger partial charge in [0.25, 0.3) is 0 Å². The quantitative estimate of drug-likeness (QED) is 0.155. The fraction of sp³-hybridized carbons (Fsp3) is 0. The molecule has 2 N–H and O–H groups in total. The average molecular weight is 485 g/mol. The summed E-state index contributed by atoms with van der Waals surface area (Å²) in [5.41, 5.74) is 0. The minimum atomic E-state index is -2.09. The number of hydrogen-bond acceptors (Lipinski definition) is 7. The fourth-order valence-corrected chi connectivity index (χ4v) is 0.260. The molecule has 0 aliphatic rings. The van der Waals surface area contributed by atoms with Crippen LogP contribution in [0.15, 0.2) is 0 Å². The Morgan fingerprint density at radius 2 is 0.938 bits per heavy atom. The van der Waals surface area contributed by atoms with Crippen molar-refractivity contribution in [2.45, 2.75) is 0 Å². The number of rotatable bonds is 0. The molecule has 0 rings (SSSR count). The molecule has 0 fully saturated rings. The predicted molar refractivity (Wildman–Crippen MR) is 49.9 cm³/mol. The summed E-state index contributed by atoms with van der Waals surface area (Å²) in [6, 6.07) is 0. The Bertz CT molecular complexity index is 292. The summed E-state index contributed by atoms with van der Waals surface area (Å²) < 4.78 is 6.70. The zero-order valence-electron chi connectivity index (χ0n) is 6.25. The Morgan fingerprint density at radius 1 is 0.688 bits per heavy atom. The first kappa shape index (κ1) is 21.9. The molecule has 0 unspecified atom stereocenters. The van der Waals surface area contributed by atoms with Crippen molar-refractivity contribution in [3.05, 3.63) is 0 Å². The summed E-state index contributed by atoms with van der Waals surface area (Å²) in [6.07, 6.45) is -2.02. The molecule has 0 bridgehead atoms. The summed E-state index contributed by atoms with van der Waals surface area (Å²) in [6.45, 7) is 0. The third-order valence-electron chi connectivity index (χ3n) is 0.701. The van der Waals surface area contributed by atoms with Gasteiger partial charge in [-0.1, -0.05) is 0 Å². The molecule has 0 aliphatic carbocycles. The average Bonchev–Trinajstić information content (AvgIpc) is 2.03. The number of aliphatic carboxylic acids is 2. The van der Waals surface area contributed by atoms with Gasteiger partial charge in [0.15, 0.2) is 0 Å². The van der Waals surface area contributed by atoms with Crippen LogP contribution in [-0.2, 0) is 28.7 Å². The summed E-state index contributed by atoms with van der Waals surface area (Å²) in [7, 11) is 0. The molecule has 0 atom stereocenters. The SMILES string of the molecule is O=C(OC(=O)C(=O)O)OC(=O)C(=O)O.[BaH2].[BaH2]. The van der Waals surface area contributed by atoms with Gasteiger partial charge in [-0.15, -0.1) is 0 Å². The molecular formula is C5H6Ba2O9. The Hall–Kier alpha value is 0.693. The van der Waals surface area contributed by atoms with E-state index in [2.05, 4.69) is 9.47 Å². The molecule has 0 radical (unpaired) electrons. The van der Waals surface area contributed by atoms with E-state index in [4.69, 9.17) is 10.2 Å². The van der Waals surface area contributed by atoms with Crippen LogP contribution in [0.3, 0.4) is 0 Å². The van der Waals surface area contributed by atoms with Crippen molar-refractivity contribution in [2.24, 2.45) is 0 Å². The van der Waals surface area contributed by atoms with Crippen molar-refractivity contribution in [3.8, 4) is 0 Å². The zero-order chi connectivity index (χ0) is 11.3. The summed E-state index contributed by atoms with van der Waals surface area (Å²) in [5, 5.41) is 15.8. The van der Waals surface area contributed by atoms with Gasteiger partial charge in [-0.25, -0.2) is 24.0 Å². The molecule has 16 heavy (non-hydrogen) atoms. The van der Waals surface area contributed by atoms with Crippen molar-refractivity contribution in [3.63, 3.8) is 0 Å². The third-order valence-corrected chi connectivity index (χ3v) is 0.701. The summed E-state index contributed by atoms with van der Waals surface area (Å²) in [5.74, 6) is -8.17. The molecule has 11 heteroatoms. The van der Waals surface area contributed by atoms with E-state index in [0.29, 0.717) is 0 Å². The second-order valence-corrected chi connectivity index (χ2v) is 1.64. The monoisotopic (exact) mass is 486 g/mol. The number of carbonyl (C=O) groups is 5. The van der Waals surface area contributed by atoms with Crippen LogP contribution < -0.4 is 0 Å². The van der Waals surface area contributed by atoms with Crippen molar-refractivity contribution in [1.29, 1.82) is 0 Å². The topological polar surface area (TPSA) is 144 Å². The van der Waals surface area contributed by atoms with E-state index >= 15 is 0 Å². The zero-order valence-corrected chi connectivity index (χ0v) is 6.25. The van der Waals surface area contributed by atoms with Gasteiger partial charge in [-0.2, -0.15) is 0 Å². The fourth-order valence-electron chi connectivity index (χ4n) is 0.260. The number of carboxylic acids is 2. The predicted octanol–water partition coefficient (Wildman–Crippen LogP) is -3.47. The molecule has 0 amide bonds. The summed E-state index contributed by atoms with van der Waals surface area (Å²) >= 11 is 0. The third kappa shape index (κ3) is 9.89. The van der Waals surface area contributed by atoms with Crippen molar-refractivity contribution >= 4 is 128 Å². The molecule has 0 spiro atoms. The normalized spacial score (nSPS) is 7.50. The Kier molecular flexibility index (Phi) is 14.8. The number of carboxylic acid groups (broad SMARTS) is 2. The van der Waals surface area contributed by atoms with E-state index in [1.807, 2.05) is 0 Å². The van der Waals surface area contributed by atoms with Crippen LogP contribution in [0, 0.1) is 0 Å². The van der Waals surface area contributed by atoms with Gasteiger partial charge in [-0.05, 0) is 0 Å². The Morgan fingerprint density at radius 3 is 1.12 bits per heavy atom. The van der Waals surface area contributed by atoms with Crippen molar-refractivity contribution in [2.75, 3.05) is 0 Å². The van der Waals surface area contributed by atoms with Crippen LogP contribution >= 0.6 is 0 Å². The minimum absolute atomic E-state index is 0. The molecule has 0 saturated carbocycles. The van der Waals surface area contributed by atoms with E-state index in [1.54, 1.807) is 0 Å². The van der Waals surface area contributed by atoms with E-state index in [1.165, 1.54) is 0 Å². The molecule has 0 saturated heterocycles. The van der Waals surface area contributed by atoms with Gasteiger partial charge in [-0.3, -0.25) is 0 Å². The van der Waals surface area contributed by atoms with Crippen LogP contribution in [-0.4, -0.2) is 138 Å². The molecule has 0 heterocycles. The maximum atomic E-state index is 10.3. The molecule has 0 aromatic carbocycles. The molecule has 9 nitrogen and oxygen atoms in total. The second kappa shape index (κ2) is 10.8. The van der Waals surface area contributed by atoms with Gasteiger partial charge in [0, 0.05) is 0 Å². The van der Waals surface area contributed by atoms with Crippen LogP contribution in [0.2, 0.25) is 0 Å². The van der Waals surface area contributed by atoms with Gasteiger partial charge in [0.2, 0.25) is 0 Å². The molecular weight excluding hydrogens is 479 g/mol. The standard InChI is InChI=1S/C5H2O9.2Ba.4H/c6-1(7)3(10)13-5(12)14-4(11)2(8)9;;;;;;/h(H,6,7)(H,8,9);;;;;;. The first-order chi connectivity index (χ1) is 6.34. The van der Waals surface area contributed by atoms with Gasteiger partial charge >= 0.3 is 128 Å². The van der Waals surface area contributed by atoms with Gasteiger partial charge in [0.05, 0.1) is 0 Å². The van der Waals surface area contributed by atoms with Crippen molar-refractivity contribution < 1.29 is 43.7 Å². The maximum absolute atomic E-state index is 10.3. The molecule has 0 aromatic rings. The second-order valence-electron chi connectivity index (χ2n) is 1.64. The van der Waals surface area contributed by atoms with Gasteiger partial charge < -0.3 is 19.7 Å². The first-order valence-corrected chi connectivity index (χ1v) is 2.78. The van der Waals surface area contributed by atoms with Crippen molar-refractivity contribution in [1.82, 2.24) is 0 Å².